The standard InChI is InChI=1S/C15H17N3/c1-11-10-14-12-6-2-3-7-13(12)16-15(18(14)17-11)8-4-5-9-15/h2-3,6-7,10,16H,4-5,8-9H2,1H3. The van der Waals surface area contributed by atoms with Gasteiger partial charge in [0.05, 0.1) is 11.4 Å². The minimum absolute atomic E-state index is 0.0257. The molecule has 1 N–H and O–H groups in total. The third-order valence-electron chi connectivity index (χ3n) is 4.24. The molecule has 1 aliphatic carbocycles. The number of rotatable bonds is 0. The fraction of sp³-hybridized carbons (Fsp3) is 0.400. The Hall–Kier alpha value is -1.77. The first-order valence-corrected chi connectivity index (χ1v) is 6.73. The molecule has 0 radical (unpaired) electrons. The van der Waals surface area contributed by atoms with Crippen LogP contribution in [0.15, 0.2) is 30.3 Å². The van der Waals surface area contributed by atoms with Gasteiger partial charge in [-0.05, 0) is 44.7 Å². The summed E-state index contributed by atoms with van der Waals surface area (Å²) in [5, 5.41) is 8.48. The Morgan fingerprint density at radius 3 is 2.83 bits per heavy atom. The number of benzene rings is 1. The minimum atomic E-state index is 0.0257. The molecule has 1 aromatic heterocycles. The molecule has 0 saturated heterocycles. The van der Waals surface area contributed by atoms with Gasteiger partial charge in [-0.3, -0.25) is 0 Å². The maximum atomic E-state index is 4.74. The number of nitrogens with zero attached hydrogens (tertiary/aromatic N) is 2. The van der Waals surface area contributed by atoms with Gasteiger partial charge in [0.15, 0.2) is 0 Å². The third kappa shape index (κ3) is 1.22. The lowest BCUT2D eigenvalue weighted by molar-refractivity contribution is 0.308. The fourth-order valence-electron chi connectivity index (χ4n) is 3.43. The number of aryl methyl sites for hydroxylation is 1. The van der Waals surface area contributed by atoms with Gasteiger partial charge in [-0.15, -0.1) is 0 Å². The first kappa shape index (κ1) is 10.2. The van der Waals surface area contributed by atoms with E-state index in [-0.39, 0.29) is 5.66 Å². The fourth-order valence-corrected chi connectivity index (χ4v) is 3.43. The van der Waals surface area contributed by atoms with Crippen LogP contribution < -0.4 is 5.32 Å². The first-order chi connectivity index (χ1) is 8.78. The Kier molecular flexibility index (Phi) is 1.91. The summed E-state index contributed by atoms with van der Waals surface area (Å²) in [6.45, 7) is 2.08. The van der Waals surface area contributed by atoms with Gasteiger partial charge in [-0.1, -0.05) is 18.2 Å². The molecule has 0 bridgehead atoms. The number of para-hydroxylation sites is 1. The van der Waals surface area contributed by atoms with Crippen LogP contribution in [0, 0.1) is 6.92 Å². The topological polar surface area (TPSA) is 29.9 Å². The molecule has 0 unspecified atom stereocenters. The highest BCUT2D eigenvalue weighted by Crippen LogP contribution is 2.45. The van der Waals surface area contributed by atoms with Gasteiger partial charge < -0.3 is 5.32 Å². The van der Waals surface area contributed by atoms with Gasteiger partial charge >= 0.3 is 0 Å². The molecule has 3 heteroatoms. The highest BCUT2D eigenvalue weighted by atomic mass is 15.4. The van der Waals surface area contributed by atoms with Crippen LogP contribution in [-0.4, -0.2) is 9.78 Å². The van der Waals surface area contributed by atoms with Crippen LogP contribution in [0.1, 0.15) is 31.4 Å². The molecule has 2 heterocycles. The zero-order valence-corrected chi connectivity index (χ0v) is 10.6. The SMILES string of the molecule is Cc1cc2n(n1)C1(CCCC1)Nc1ccccc1-2. The summed E-state index contributed by atoms with van der Waals surface area (Å²) in [7, 11) is 0. The lowest BCUT2D eigenvalue weighted by atomic mass is 9.99. The molecule has 18 heavy (non-hydrogen) atoms. The molecule has 4 rings (SSSR count). The summed E-state index contributed by atoms with van der Waals surface area (Å²) in [6.07, 6.45) is 4.92. The smallest absolute Gasteiger partial charge is 0.132 e. The van der Waals surface area contributed by atoms with Crippen LogP contribution in [0.4, 0.5) is 5.69 Å². The molecular weight excluding hydrogens is 222 g/mol. The van der Waals surface area contributed by atoms with E-state index in [1.807, 2.05) is 0 Å². The van der Waals surface area contributed by atoms with E-state index >= 15 is 0 Å². The van der Waals surface area contributed by atoms with E-state index in [0.717, 1.165) is 5.69 Å². The van der Waals surface area contributed by atoms with E-state index in [9.17, 15) is 0 Å². The van der Waals surface area contributed by atoms with E-state index in [4.69, 9.17) is 5.10 Å². The van der Waals surface area contributed by atoms with E-state index < -0.39 is 0 Å². The quantitative estimate of drug-likeness (QED) is 0.762. The Morgan fingerprint density at radius 1 is 1.22 bits per heavy atom. The molecule has 0 amide bonds. The van der Waals surface area contributed by atoms with E-state index in [2.05, 4.69) is 47.3 Å². The van der Waals surface area contributed by atoms with Crippen LogP contribution in [0.3, 0.4) is 0 Å². The Balaban J connectivity index is 1.99. The average Bonchev–Trinajstić information content (AvgIpc) is 2.97. The van der Waals surface area contributed by atoms with Gasteiger partial charge in [0.1, 0.15) is 5.66 Å². The van der Waals surface area contributed by atoms with Gasteiger partial charge in [0, 0.05) is 11.3 Å². The number of nitrogens with one attached hydrogen (secondary N) is 1. The van der Waals surface area contributed by atoms with Crippen LogP contribution in [-0.2, 0) is 5.66 Å². The molecule has 2 aromatic rings. The number of fused-ring (bicyclic) bond motifs is 4. The van der Waals surface area contributed by atoms with Crippen molar-refractivity contribution in [1.82, 2.24) is 9.78 Å². The van der Waals surface area contributed by atoms with E-state index in [1.54, 1.807) is 0 Å². The summed E-state index contributed by atoms with van der Waals surface area (Å²) in [6, 6.07) is 10.8. The van der Waals surface area contributed by atoms with Crippen molar-refractivity contribution in [3.8, 4) is 11.3 Å². The zero-order chi connectivity index (χ0) is 12.2. The maximum Gasteiger partial charge on any atom is 0.132 e. The minimum Gasteiger partial charge on any atom is -0.361 e. The predicted octanol–water partition coefficient (Wildman–Crippen LogP) is 3.51. The lowest BCUT2D eigenvalue weighted by Gasteiger charge is -2.38. The number of anilines is 1. The summed E-state index contributed by atoms with van der Waals surface area (Å²) in [5.74, 6) is 0. The molecule has 1 aromatic carbocycles. The zero-order valence-electron chi connectivity index (χ0n) is 10.6. The van der Waals surface area contributed by atoms with Crippen LogP contribution in [0.25, 0.3) is 11.3 Å². The molecule has 1 spiro atoms. The second kappa shape index (κ2) is 3.37. The summed E-state index contributed by atoms with van der Waals surface area (Å²) >= 11 is 0. The van der Waals surface area contributed by atoms with Crippen molar-refractivity contribution in [3.63, 3.8) is 0 Å². The normalized spacial score (nSPS) is 19.4. The molecule has 1 fully saturated rings. The molecular formula is C15H17N3. The molecule has 3 nitrogen and oxygen atoms in total. The number of aromatic nitrogens is 2. The second-order valence-corrected chi connectivity index (χ2v) is 5.49. The molecule has 1 aliphatic heterocycles. The molecule has 0 atom stereocenters. The van der Waals surface area contributed by atoms with Crippen molar-refractivity contribution < 1.29 is 0 Å². The van der Waals surface area contributed by atoms with Crippen molar-refractivity contribution >= 4 is 5.69 Å². The summed E-state index contributed by atoms with van der Waals surface area (Å²) < 4.78 is 2.23. The van der Waals surface area contributed by atoms with Crippen molar-refractivity contribution in [2.24, 2.45) is 0 Å². The number of hydrogen-bond acceptors (Lipinski definition) is 2. The Morgan fingerprint density at radius 2 is 2.00 bits per heavy atom. The predicted molar refractivity (Wildman–Crippen MR) is 72.5 cm³/mol. The largest absolute Gasteiger partial charge is 0.361 e. The van der Waals surface area contributed by atoms with Crippen molar-refractivity contribution in [3.05, 3.63) is 36.0 Å². The highest BCUT2D eigenvalue weighted by Gasteiger charge is 2.41. The number of hydrogen-bond donors (Lipinski definition) is 1. The van der Waals surface area contributed by atoms with E-state index in [0.29, 0.717) is 0 Å². The third-order valence-corrected chi connectivity index (χ3v) is 4.24. The molecule has 2 aliphatic rings. The van der Waals surface area contributed by atoms with Gasteiger partial charge in [0.2, 0.25) is 0 Å². The van der Waals surface area contributed by atoms with E-state index in [1.165, 1.54) is 42.6 Å². The van der Waals surface area contributed by atoms with Gasteiger partial charge in [-0.25, -0.2) is 4.68 Å². The monoisotopic (exact) mass is 239 g/mol. The van der Waals surface area contributed by atoms with Crippen molar-refractivity contribution in [2.45, 2.75) is 38.3 Å². The first-order valence-electron chi connectivity index (χ1n) is 6.73. The lowest BCUT2D eigenvalue weighted by Crippen LogP contribution is -2.42. The van der Waals surface area contributed by atoms with Gasteiger partial charge in [-0.2, -0.15) is 5.10 Å². The van der Waals surface area contributed by atoms with Crippen molar-refractivity contribution in [1.29, 1.82) is 0 Å². The Bertz CT molecular complexity index is 606. The molecule has 1 saturated carbocycles. The summed E-state index contributed by atoms with van der Waals surface area (Å²) in [4.78, 5) is 0. The average molecular weight is 239 g/mol. The highest BCUT2D eigenvalue weighted by molar-refractivity contribution is 5.78. The van der Waals surface area contributed by atoms with Crippen LogP contribution in [0.2, 0.25) is 0 Å². The van der Waals surface area contributed by atoms with Crippen LogP contribution >= 0.6 is 0 Å². The summed E-state index contributed by atoms with van der Waals surface area (Å²) in [5.41, 5.74) is 4.93. The maximum absolute atomic E-state index is 4.74. The molecule has 92 valence electrons. The van der Waals surface area contributed by atoms with Crippen molar-refractivity contribution in [2.75, 3.05) is 5.32 Å². The Labute approximate surface area is 107 Å². The van der Waals surface area contributed by atoms with Gasteiger partial charge in [0.25, 0.3) is 0 Å². The second-order valence-electron chi connectivity index (χ2n) is 5.49. The van der Waals surface area contributed by atoms with Crippen LogP contribution in [0.5, 0.6) is 0 Å².